The van der Waals surface area contributed by atoms with E-state index in [2.05, 4.69) is 61.2 Å². The molecule has 0 bridgehead atoms. The summed E-state index contributed by atoms with van der Waals surface area (Å²) in [6, 6.07) is 15.5. The zero-order chi connectivity index (χ0) is 14.9. The highest BCUT2D eigenvalue weighted by molar-refractivity contribution is 5.94. The molecule has 0 aliphatic carbocycles. The maximum atomic E-state index is 2.60. The van der Waals surface area contributed by atoms with E-state index in [1.54, 1.807) is 0 Å². The number of anilines is 1. The molecule has 2 aromatic rings. The van der Waals surface area contributed by atoms with Crippen LogP contribution in [-0.2, 0) is 0 Å². The van der Waals surface area contributed by atoms with E-state index in [0.717, 1.165) is 0 Å². The Kier molecular flexibility index (Phi) is 6.59. The SMILES string of the molecule is CCCCCCN(CCCC)c1cccc2ccccc12. The summed E-state index contributed by atoms with van der Waals surface area (Å²) >= 11 is 0. The molecule has 0 fully saturated rings. The molecule has 0 spiro atoms. The Morgan fingerprint density at radius 2 is 1.43 bits per heavy atom. The summed E-state index contributed by atoms with van der Waals surface area (Å²) < 4.78 is 0. The summed E-state index contributed by atoms with van der Waals surface area (Å²) in [6.45, 7) is 6.92. The van der Waals surface area contributed by atoms with Crippen LogP contribution in [0.2, 0.25) is 0 Å². The second kappa shape index (κ2) is 8.71. The highest BCUT2D eigenvalue weighted by atomic mass is 15.1. The highest BCUT2D eigenvalue weighted by Gasteiger charge is 2.09. The van der Waals surface area contributed by atoms with Crippen LogP contribution in [0, 0.1) is 0 Å². The highest BCUT2D eigenvalue weighted by Crippen LogP contribution is 2.27. The Hall–Kier alpha value is -1.50. The quantitative estimate of drug-likeness (QED) is 0.508. The first kappa shape index (κ1) is 15.9. The average Bonchev–Trinajstić information content (AvgIpc) is 2.54. The molecular formula is C20H29N. The summed E-state index contributed by atoms with van der Waals surface area (Å²) in [6.07, 6.45) is 7.86. The van der Waals surface area contributed by atoms with Crippen molar-refractivity contribution in [2.45, 2.75) is 52.4 Å². The van der Waals surface area contributed by atoms with Gasteiger partial charge in [0.2, 0.25) is 0 Å². The lowest BCUT2D eigenvalue weighted by molar-refractivity contribution is 0.631. The van der Waals surface area contributed by atoms with Gasteiger partial charge in [0.15, 0.2) is 0 Å². The lowest BCUT2D eigenvalue weighted by Gasteiger charge is -2.26. The van der Waals surface area contributed by atoms with Crippen LogP contribution >= 0.6 is 0 Å². The minimum atomic E-state index is 1.18. The van der Waals surface area contributed by atoms with Gasteiger partial charge in [-0.15, -0.1) is 0 Å². The summed E-state index contributed by atoms with van der Waals surface area (Å²) in [5, 5.41) is 2.75. The molecule has 114 valence electrons. The molecule has 0 saturated carbocycles. The molecule has 1 nitrogen and oxygen atoms in total. The standard InChI is InChI=1S/C20H29N/c1-3-5-7-10-17-21(16-6-4-2)20-15-11-13-18-12-8-9-14-19(18)20/h8-9,11-15H,3-7,10,16-17H2,1-2H3. The molecule has 0 aliphatic heterocycles. The van der Waals surface area contributed by atoms with Crippen molar-refractivity contribution in [2.75, 3.05) is 18.0 Å². The van der Waals surface area contributed by atoms with Crippen LogP contribution in [0.3, 0.4) is 0 Å². The van der Waals surface area contributed by atoms with E-state index in [4.69, 9.17) is 0 Å². The molecule has 0 aliphatic rings. The fraction of sp³-hybridized carbons (Fsp3) is 0.500. The van der Waals surface area contributed by atoms with Gasteiger partial charge in [-0.25, -0.2) is 0 Å². The summed E-state index contributed by atoms with van der Waals surface area (Å²) in [7, 11) is 0. The largest absolute Gasteiger partial charge is 0.371 e. The van der Waals surface area contributed by atoms with Crippen LogP contribution in [-0.4, -0.2) is 13.1 Å². The third-order valence-electron chi connectivity index (χ3n) is 4.17. The van der Waals surface area contributed by atoms with Gasteiger partial charge >= 0.3 is 0 Å². The molecule has 0 aromatic heterocycles. The fourth-order valence-electron chi connectivity index (χ4n) is 2.92. The molecule has 21 heavy (non-hydrogen) atoms. The number of benzene rings is 2. The van der Waals surface area contributed by atoms with Crippen LogP contribution in [0.25, 0.3) is 10.8 Å². The Morgan fingerprint density at radius 1 is 0.714 bits per heavy atom. The molecule has 0 heterocycles. The second-order valence-corrected chi connectivity index (χ2v) is 5.90. The van der Waals surface area contributed by atoms with E-state index in [-0.39, 0.29) is 0 Å². The molecular weight excluding hydrogens is 254 g/mol. The van der Waals surface area contributed by atoms with Gasteiger partial charge in [0.25, 0.3) is 0 Å². The zero-order valence-corrected chi connectivity index (χ0v) is 13.6. The first-order valence-corrected chi connectivity index (χ1v) is 8.59. The van der Waals surface area contributed by atoms with E-state index < -0.39 is 0 Å². The molecule has 2 rings (SSSR count). The Balaban J connectivity index is 2.17. The third kappa shape index (κ3) is 4.49. The van der Waals surface area contributed by atoms with Crippen molar-refractivity contribution < 1.29 is 0 Å². The smallest absolute Gasteiger partial charge is 0.0445 e. The van der Waals surface area contributed by atoms with Gasteiger partial charge in [-0.3, -0.25) is 0 Å². The predicted octanol–water partition coefficient (Wildman–Crippen LogP) is 6.03. The van der Waals surface area contributed by atoms with Gasteiger partial charge in [0.1, 0.15) is 0 Å². The first-order chi connectivity index (χ1) is 10.4. The van der Waals surface area contributed by atoms with Gasteiger partial charge in [-0.1, -0.05) is 75.9 Å². The van der Waals surface area contributed by atoms with Crippen LogP contribution in [0.15, 0.2) is 42.5 Å². The molecule has 0 saturated heterocycles. The number of unbranched alkanes of at least 4 members (excludes halogenated alkanes) is 4. The van der Waals surface area contributed by atoms with Crippen molar-refractivity contribution in [1.29, 1.82) is 0 Å². The van der Waals surface area contributed by atoms with Gasteiger partial charge < -0.3 is 4.90 Å². The maximum absolute atomic E-state index is 2.60. The number of fused-ring (bicyclic) bond motifs is 1. The molecule has 0 amide bonds. The van der Waals surface area contributed by atoms with E-state index in [0.29, 0.717) is 0 Å². The lowest BCUT2D eigenvalue weighted by Crippen LogP contribution is -2.25. The van der Waals surface area contributed by atoms with Crippen molar-refractivity contribution in [2.24, 2.45) is 0 Å². The molecule has 2 aromatic carbocycles. The number of hydrogen-bond acceptors (Lipinski definition) is 1. The van der Waals surface area contributed by atoms with Gasteiger partial charge in [0, 0.05) is 24.2 Å². The maximum Gasteiger partial charge on any atom is 0.0445 e. The Labute approximate surface area is 130 Å². The minimum absolute atomic E-state index is 1.18. The monoisotopic (exact) mass is 283 g/mol. The average molecular weight is 283 g/mol. The van der Waals surface area contributed by atoms with Crippen molar-refractivity contribution >= 4 is 16.5 Å². The Bertz CT molecular complexity index is 527. The molecule has 0 radical (unpaired) electrons. The van der Waals surface area contributed by atoms with E-state index >= 15 is 0 Å². The Morgan fingerprint density at radius 3 is 2.24 bits per heavy atom. The fourth-order valence-corrected chi connectivity index (χ4v) is 2.92. The van der Waals surface area contributed by atoms with Crippen molar-refractivity contribution in [3.63, 3.8) is 0 Å². The van der Waals surface area contributed by atoms with E-state index in [9.17, 15) is 0 Å². The lowest BCUT2D eigenvalue weighted by atomic mass is 10.1. The molecule has 0 atom stereocenters. The molecule has 1 heteroatoms. The van der Waals surface area contributed by atoms with Gasteiger partial charge in [-0.05, 0) is 24.3 Å². The van der Waals surface area contributed by atoms with Crippen LogP contribution in [0.5, 0.6) is 0 Å². The van der Waals surface area contributed by atoms with Crippen LogP contribution < -0.4 is 4.90 Å². The van der Waals surface area contributed by atoms with Crippen LogP contribution in [0.4, 0.5) is 5.69 Å². The van der Waals surface area contributed by atoms with E-state index in [1.807, 2.05) is 0 Å². The summed E-state index contributed by atoms with van der Waals surface area (Å²) in [5.41, 5.74) is 1.41. The van der Waals surface area contributed by atoms with Crippen molar-refractivity contribution in [3.05, 3.63) is 42.5 Å². The number of nitrogens with zero attached hydrogens (tertiary/aromatic N) is 1. The second-order valence-electron chi connectivity index (χ2n) is 5.90. The summed E-state index contributed by atoms with van der Waals surface area (Å²) in [5.74, 6) is 0. The first-order valence-electron chi connectivity index (χ1n) is 8.59. The molecule has 0 N–H and O–H groups in total. The number of rotatable bonds is 9. The molecule has 0 unspecified atom stereocenters. The van der Waals surface area contributed by atoms with Gasteiger partial charge in [-0.2, -0.15) is 0 Å². The van der Waals surface area contributed by atoms with Crippen molar-refractivity contribution in [1.82, 2.24) is 0 Å². The normalized spacial score (nSPS) is 11.0. The third-order valence-corrected chi connectivity index (χ3v) is 4.17. The number of hydrogen-bond donors (Lipinski definition) is 0. The van der Waals surface area contributed by atoms with Gasteiger partial charge in [0.05, 0.1) is 0 Å². The minimum Gasteiger partial charge on any atom is -0.371 e. The van der Waals surface area contributed by atoms with Crippen molar-refractivity contribution in [3.8, 4) is 0 Å². The summed E-state index contributed by atoms with van der Waals surface area (Å²) in [4.78, 5) is 2.60. The van der Waals surface area contributed by atoms with E-state index in [1.165, 1.54) is 68.1 Å². The topological polar surface area (TPSA) is 3.24 Å². The predicted molar refractivity (Wildman–Crippen MR) is 95.2 cm³/mol. The van der Waals surface area contributed by atoms with Crippen LogP contribution in [0.1, 0.15) is 52.4 Å². The zero-order valence-electron chi connectivity index (χ0n) is 13.6.